The molecule has 5 rings (SSSR count). The lowest BCUT2D eigenvalue weighted by atomic mass is 9.69. The average molecular weight is 265 g/mol. The minimum atomic E-state index is -0.0911. The lowest BCUT2D eigenvalue weighted by Gasteiger charge is -2.36. The molecule has 2 bridgehead atoms. The van der Waals surface area contributed by atoms with Gasteiger partial charge in [0.05, 0.1) is 11.5 Å². The summed E-state index contributed by atoms with van der Waals surface area (Å²) >= 11 is 1.94. The molecule has 4 aliphatic rings. The Morgan fingerprint density at radius 3 is 2.89 bits per heavy atom. The van der Waals surface area contributed by atoms with Gasteiger partial charge in [-0.15, -0.1) is 10.2 Å². The van der Waals surface area contributed by atoms with E-state index in [0.717, 1.165) is 36.7 Å². The predicted molar refractivity (Wildman–Crippen MR) is 65.7 cm³/mol. The van der Waals surface area contributed by atoms with Crippen LogP contribution in [0.4, 0.5) is 0 Å². The van der Waals surface area contributed by atoms with Crippen LogP contribution in [0.2, 0.25) is 0 Å². The molecule has 2 saturated heterocycles. The number of aromatic nitrogens is 4. The monoisotopic (exact) mass is 265 g/mol. The molecule has 2 N–H and O–H groups in total. The Morgan fingerprint density at radius 1 is 1.50 bits per heavy atom. The Balaban J connectivity index is 1.50. The summed E-state index contributed by atoms with van der Waals surface area (Å²) in [7, 11) is 0. The van der Waals surface area contributed by atoms with E-state index < -0.39 is 0 Å². The van der Waals surface area contributed by atoms with Crippen molar-refractivity contribution >= 4 is 17.7 Å². The van der Waals surface area contributed by atoms with Crippen LogP contribution in [0.15, 0.2) is 0 Å². The van der Waals surface area contributed by atoms with Gasteiger partial charge in [-0.3, -0.25) is 4.79 Å². The van der Waals surface area contributed by atoms with Gasteiger partial charge >= 0.3 is 0 Å². The van der Waals surface area contributed by atoms with Crippen LogP contribution < -0.4 is 5.32 Å². The van der Waals surface area contributed by atoms with Crippen LogP contribution in [-0.2, 0) is 4.79 Å². The molecule has 96 valence electrons. The molecule has 2 aliphatic carbocycles. The fourth-order valence-corrected chi connectivity index (χ4v) is 4.79. The minimum Gasteiger partial charge on any atom is -0.345 e. The van der Waals surface area contributed by atoms with E-state index in [4.69, 9.17) is 0 Å². The molecule has 0 radical (unpaired) electrons. The largest absolute Gasteiger partial charge is 0.345 e. The molecule has 0 spiro atoms. The maximum atomic E-state index is 12.4. The molecule has 1 atom stereocenters. The highest BCUT2D eigenvalue weighted by molar-refractivity contribution is 8.00. The standard InChI is InChI=1S/C11H15N5OS/c17-10(11-3-7(4-11)18-5-11)12-8(6-1-2-6)9-13-15-16-14-9/h6-8H,1-5H2,(H,12,17)(H,13,14,15,16). The first-order valence-corrected chi connectivity index (χ1v) is 7.48. The Bertz CT molecular complexity index is 460. The van der Waals surface area contributed by atoms with Crippen molar-refractivity contribution < 1.29 is 4.79 Å². The number of rotatable bonds is 4. The second-order valence-electron chi connectivity index (χ2n) is 5.68. The normalized spacial score (nSPS) is 35.0. The lowest BCUT2D eigenvalue weighted by molar-refractivity contribution is -0.134. The Hall–Kier alpha value is -1.11. The Morgan fingerprint density at radius 2 is 2.33 bits per heavy atom. The SMILES string of the molecule is O=C(NC(c1nn[nH]n1)C1CC1)C12CSC(C1)C2. The van der Waals surface area contributed by atoms with Gasteiger partial charge in [0, 0.05) is 11.0 Å². The molecule has 1 amide bonds. The molecule has 1 aromatic rings. The first-order valence-electron chi connectivity index (χ1n) is 6.43. The maximum absolute atomic E-state index is 12.4. The molecule has 6 nitrogen and oxygen atoms in total. The van der Waals surface area contributed by atoms with Crippen LogP contribution in [0.5, 0.6) is 0 Å². The van der Waals surface area contributed by atoms with Crippen LogP contribution in [0.1, 0.15) is 37.5 Å². The van der Waals surface area contributed by atoms with Crippen molar-refractivity contribution in [1.82, 2.24) is 25.9 Å². The highest BCUT2D eigenvalue weighted by atomic mass is 32.2. The van der Waals surface area contributed by atoms with Crippen molar-refractivity contribution in [1.29, 1.82) is 0 Å². The second-order valence-corrected chi connectivity index (χ2v) is 6.97. The quantitative estimate of drug-likeness (QED) is 0.835. The van der Waals surface area contributed by atoms with Crippen molar-refractivity contribution in [2.45, 2.75) is 37.0 Å². The van der Waals surface area contributed by atoms with Gasteiger partial charge in [0.15, 0.2) is 5.82 Å². The van der Waals surface area contributed by atoms with E-state index in [2.05, 4.69) is 25.9 Å². The fraction of sp³-hybridized carbons (Fsp3) is 0.818. The number of thioether (sulfide) groups is 1. The fourth-order valence-electron chi connectivity index (χ4n) is 2.99. The number of nitrogens with one attached hydrogen (secondary N) is 2. The van der Waals surface area contributed by atoms with Crippen LogP contribution >= 0.6 is 11.8 Å². The molecule has 1 unspecified atom stereocenters. The number of hydrogen-bond acceptors (Lipinski definition) is 5. The van der Waals surface area contributed by atoms with E-state index in [-0.39, 0.29) is 17.4 Å². The third-order valence-corrected chi connectivity index (χ3v) is 5.86. The third kappa shape index (κ3) is 1.56. The molecule has 3 heterocycles. The smallest absolute Gasteiger partial charge is 0.227 e. The number of carbonyl (C=O) groups excluding carboxylic acids is 1. The highest BCUT2D eigenvalue weighted by Gasteiger charge is 2.56. The number of hydrogen-bond donors (Lipinski definition) is 2. The number of aromatic amines is 1. The summed E-state index contributed by atoms with van der Waals surface area (Å²) in [5.74, 6) is 2.30. The molecular weight excluding hydrogens is 250 g/mol. The number of carbonyl (C=O) groups is 1. The van der Waals surface area contributed by atoms with Crippen molar-refractivity contribution in [2.24, 2.45) is 11.3 Å². The van der Waals surface area contributed by atoms with E-state index in [1.165, 1.54) is 0 Å². The number of tetrazole rings is 1. The molecule has 2 saturated carbocycles. The molecule has 0 aromatic carbocycles. The van der Waals surface area contributed by atoms with E-state index in [0.29, 0.717) is 11.7 Å². The van der Waals surface area contributed by atoms with Gasteiger partial charge in [0.25, 0.3) is 0 Å². The van der Waals surface area contributed by atoms with Gasteiger partial charge in [0.2, 0.25) is 5.91 Å². The predicted octanol–water partition coefficient (Wildman–Crippen LogP) is 0.663. The van der Waals surface area contributed by atoms with Crippen LogP contribution in [0, 0.1) is 11.3 Å². The summed E-state index contributed by atoms with van der Waals surface area (Å²) in [6.45, 7) is 0. The number of fused-ring (bicyclic) bond motifs is 1. The molecule has 2 aliphatic heterocycles. The van der Waals surface area contributed by atoms with Crippen LogP contribution in [0.3, 0.4) is 0 Å². The minimum absolute atomic E-state index is 0.0460. The summed E-state index contributed by atoms with van der Waals surface area (Å²) < 4.78 is 0. The highest BCUT2D eigenvalue weighted by Crippen LogP contribution is 2.57. The van der Waals surface area contributed by atoms with Gasteiger partial charge < -0.3 is 5.32 Å². The van der Waals surface area contributed by atoms with Gasteiger partial charge in [-0.25, -0.2) is 0 Å². The summed E-state index contributed by atoms with van der Waals surface area (Å²) in [6, 6.07) is -0.0460. The van der Waals surface area contributed by atoms with E-state index in [9.17, 15) is 4.79 Å². The lowest BCUT2D eigenvalue weighted by Crippen LogP contribution is -2.48. The maximum Gasteiger partial charge on any atom is 0.227 e. The number of nitrogens with zero attached hydrogens (tertiary/aromatic N) is 3. The summed E-state index contributed by atoms with van der Waals surface area (Å²) in [5.41, 5.74) is -0.0911. The van der Waals surface area contributed by atoms with Gasteiger partial charge in [-0.1, -0.05) is 5.21 Å². The van der Waals surface area contributed by atoms with Crippen molar-refractivity contribution in [3.63, 3.8) is 0 Å². The molecule has 18 heavy (non-hydrogen) atoms. The van der Waals surface area contributed by atoms with Gasteiger partial charge in [-0.2, -0.15) is 17.0 Å². The molecule has 4 fully saturated rings. The number of H-pyrrole nitrogens is 1. The first kappa shape index (κ1) is 10.8. The molecule has 7 heteroatoms. The topological polar surface area (TPSA) is 83.6 Å². The third-order valence-electron chi connectivity index (χ3n) is 4.33. The van der Waals surface area contributed by atoms with Crippen molar-refractivity contribution in [3.05, 3.63) is 5.82 Å². The van der Waals surface area contributed by atoms with Gasteiger partial charge in [-0.05, 0) is 31.6 Å². The van der Waals surface area contributed by atoms with E-state index >= 15 is 0 Å². The summed E-state index contributed by atoms with van der Waals surface area (Å²) in [4.78, 5) is 12.4. The van der Waals surface area contributed by atoms with E-state index in [1.807, 2.05) is 11.8 Å². The molecule has 1 aromatic heterocycles. The summed E-state index contributed by atoms with van der Waals surface area (Å²) in [5, 5.41) is 18.0. The first-order chi connectivity index (χ1) is 8.77. The molecular formula is C11H15N5OS. The zero-order valence-electron chi connectivity index (χ0n) is 9.93. The van der Waals surface area contributed by atoms with Crippen LogP contribution in [-0.4, -0.2) is 37.5 Å². The Kier molecular flexibility index (Phi) is 2.21. The van der Waals surface area contributed by atoms with E-state index in [1.54, 1.807) is 0 Å². The van der Waals surface area contributed by atoms with Crippen molar-refractivity contribution in [3.8, 4) is 0 Å². The van der Waals surface area contributed by atoms with Crippen molar-refractivity contribution in [2.75, 3.05) is 5.75 Å². The zero-order chi connectivity index (χ0) is 12.2. The number of amides is 1. The van der Waals surface area contributed by atoms with Crippen LogP contribution in [0.25, 0.3) is 0 Å². The zero-order valence-corrected chi connectivity index (χ0v) is 10.7. The second kappa shape index (κ2) is 3.69. The Labute approximate surface area is 109 Å². The van der Waals surface area contributed by atoms with Gasteiger partial charge in [0.1, 0.15) is 0 Å². The summed E-state index contributed by atoms with van der Waals surface area (Å²) in [6.07, 6.45) is 4.38. The average Bonchev–Trinajstić information content (AvgIpc) is 2.82.